The average molecular weight is 826 g/mol. The normalized spacial score (nSPS) is 15.0. The highest BCUT2D eigenvalue weighted by molar-refractivity contribution is 7.82. The number of nitrogens with zero attached hydrogens (tertiary/aromatic N) is 1. The Morgan fingerprint density at radius 3 is 0.918 bits per heavy atom. The highest BCUT2D eigenvalue weighted by atomic mass is 31.1. The average Bonchev–Trinajstić information content (AvgIpc) is 3.30. The van der Waals surface area contributed by atoms with E-state index in [1.165, 1.54) is 138 Å². The predicted octanol–water partition coefficient (Wildman–Crippen LogP) is 13.4. The molecule has 8 aromatic carbocycles. The van der Waals surface area contributed by atoms with Crippen LogP contribution in [0, 0.1) is 69.2 Å². The van der Waals surface area contributed by atoms with E-state index >= 15 is 0 Å². The van der Waals surface area contributed by atoms with Crippen molar-refractivity contribution >= 4 is 64.7 Å². The molecule has 0 fully saturated rings. The summed E-state index contributed by atoms with van der Waals surface area (Å²) in [5.41, 5.74) is 25.8. The maximum atomic E-state index is 2.68. The zero-order chi connectivity index (χ0) is 42.4. The van der Waals surface area contributed by atoms with E-state index in [9.17, 15) is 0 Å². The van der Waals surface area contributed by atoms with Crippen LogP contribution in [-0.2, 0) is 0 Å². The van der Waals surface area contributed by atoms with Gasteiger partial charge in [0.05, 0.1) is 17.1 Å². The molecule has 0 aliphatic carbocycles. The number of hydrogen-bond donors (Lipinski definition) is 0. The lowest BCUT2D eigenvalue weighted by Gasteiger charge is -2.46. The third kappa shape index (κ3) is 6.11. The zero-order valence-corrected chi connectivity index (χ0v) is 38.9. The fraction of sp³-hybridized carbons (Fsp3) is 0.172. The van der Waals surface area contributed by atoms with Crippen LogP contribution >= 0.6 is 15.8 Å². The SMILES string of the molecule is Cc1c(C)c(C)c(P2c3cc(-c4ccccc4)ccc3N3c4ccc(-c5ccccc5)cc4P(c4c(C)c(C)c(C)c(C)c4C)c4cc(-c5ccccc5)cc2c43)c(C)c1C. The van der Waals surface area contributed by atoms with Crippen LogP contribution in [0.5, 0.6) is 0 Å². The van der Waals surface area contributed by atoms with Crippen molar-refractivity contribution in [2.75, 3.05) is 4.90 Å². The molecule has 2 aliphatic heterocycles. The van der Waals surface area contributed by atoms with Crippen LogP contribution in [0.3, 0.4) is 0 Å². The van der Waals surface area contributed by atoms with Crippen molar-refractivity contribution in [1.29, 1.82) is 0 Å². The molecule has 300 valence electrons. The van der Waals surface area contributed by atoms with Gasteiger partial charge in [-0.15, -0.1) is 0 Å². The standard InChI is InChI=1S/C58H53NP2/c1-34-36(3)40(7)57(41(8)37(34)4)60-52-30-47(44-20-14-11-15-21-44)26-28-50(52)59-51-29-27-48(45-22-16-12-17-23-45)31-53(51)61(58-42(9)38(5)35(2)39(6)43(58)10)55-33-49(32-54(60)56(55)59)46-24-18-13-19-25-46/h11-33H,1-10H3. The van der Waals surface area contributed by atoms with Crippen molar-refractivity contribution in [1.82, 2.24) is 0 Å². The van der Waals surface area contributed by atoms with Gasteiger partial charge in [-0.2, -0.15) is 0 Å². The lowest BCUT2D eigenvalue weighted by molar-refractivity contribution is 1.19. The van der Waals surface area contributed by atoms with Gasteiger partial charge in [-0.05, 0) is 221 Å². The maximum absolute atomic E-state index is 2.68. The smallest absolute Gasteiger partial charge is 0.0629 e. The Kier molecular flexibility index (Phi) is 9.79. The Morgan fingerprint density at radius 2 is 0.574 bits per heavy atom. The van der Waals surface area contributed by atoms with Gasteiger partial charge in [0.15, 0.2) is 0 Å². The fourth-order valence-electron chi connectivity index (χ4n) is 10.1. The molecule has 0 saturated carbocycles. The van der Waals surface area contributed by atoms with Crippen LogP contribution in [0.25, 0.3) is 33.4 Å². The molecule has 2 atom stereocenters. The Morgan fingerprint density at radius 1 is 0.279 bits per heavy atom. The van der Waals surface area contributed by atoms with Gasteiger partial charge in [0.25, 0.3) is 0 Å². The number of rotatable bonds is 5. The Bertz CT molecular complexity index is 2830. The molecule has 0 bridgehead atoms. The third-order valence-corrected chi connectivity index (χ3v) is 19.9. The second-order valence-corrected chi connectivity index (χ2v) is 21.5. The highest BCUT2D eigenvalue weighted by Crippen LogP contribution is 2.57. The van der Waals surface area contributed by atoms with E-state index in [2.05, 4.69) is 214 Å². The van der Waals surface area contributed by atoms with Crippen molar-refractivity contribution < 1.29 is 0 Å². The van der Waals surface area contributed by atoms with E-state index in [0.717, 1.165) is 0 Å². The van der Waals surface area contributed by atoms with E-state index in [-0.39, 0.29) is 0 Å². The number of hydrogen-bond acceptors (Lipinski definition) is 1. The van der Waals surface area contributed by atoms with Gasteiger partial charge in [-0.3, -0.25) is 0 Å². The molecule has 0 saturated heterocycles. The highest BCUT2D eigenvalue weighted by Gasteiger charge is 2.43. The summed E-state index contributed by atoms with van der Waals surface area (Å²) in [5.74, 6) is 0. The molecule has 1 nitrogen and oxygen atoms in total. The van der Waals surface area contributed by atoms with Crippen molar-refractivity contribution in [3.63, 3.8) is 0 Å². The third-order valence-electron chi connectivity index (χ3n) is 14.4. The maximum Gasteiger partial charge on any atom is 0.0629 e. The first-order valence-corrected chi connectivity index (χ1v) is 24.3. The van der Waals surface area contributed by atoms with Gasteiger partial charge in [-0.1, -0.05) is 103 Å². The van der Waals surface area contributed by atoms with Crippen molar-refractivity contribution in [3.05, 3.63) is 195 Å². The minimum Gasteiger partial charge on any atom is -0.308 e. The molecule has 0 spiro atoms. The molecule has 2 aliphatic rings. The van der Waals surface area contributed by atoms with E-state index in [0.29, 0.717) is 0 Å². The summed E-state index contributed by atoms with van der Waals surface area (Å²) >= 11 is 0. The molecule has 0 aromatic heterocycles. The molecule has 2 unspecified atom stereocenters. The van der Waals surface area contributed by atoms with E-state index in [1.54, 1.807) is 0 Å². The summed E-state index contributed by atoms with van der Waals surface area (Å²) in [5, 5.41) is 8.79. The summed E-state index contributed by atoms with van der Waals surface area (Å²) in [6.07, 6.45) is 0. The number of anilines is 3. The summed E-state index contributed by atoms with van der Waals surface area (Å²) in [6.45, 7) is 23.6. The van der Waals surface area contributed by atoms with Gasteiger partial charge in [0.2, 0.25) is 0 Å². The molecule has 0 amide bonds. The van der Waals surface area contributed by atoms with Gasteiger partial charge in [-0.25, -0.2) is 0 Å². The Balaban J connectivity index is 1.39. The van der Waals surface area contributed by atoms with Gasteiger partial charge < -0.3 is 4.90 Å². The summed E-state index contributed by atoms with van der Waals surface area (Å²) in [6, 6.07) is 53.0. The monoisotopic (exact) mass is 825 g/mol. The van der Waals surface area contributed by atoms with Crippen LogP contribution in [-0.4, -0.2) is 0 Å². The molecule has 0 radical (unpaired) electrons. The lowest BCUT2D eigenvalue weighted by Crippen LogP contribution is -2.44. The van der Waals surface area contributed by atoms with E-state index < -0.39 is 15.8 Å². The van der Waals surface area contributed by atoms with Gasteiger partial charge in [0.1, 0.15) is 0 Å². The quantitative estimate of drug-likeness (QED) is 0.156. The molecule has 0 N–H and O–H groups in total. The van der Waals surface area contributed by atoms with Crippen LogP contribution in [0.4, 0.5) is 17.1 Å². The first-order chi connectivity index (χ1) is 29.5. The largest absolute Gasteiger partial charge is 0.308 e. The second kappa shape index (κ2) is 15.1. The summed E-state index contributed by atoms with van der Waals surface area (Å²) in [7, 11) is -1.99. The van der Waals surface area contributed by atoms with Crippen molar-refractivity contribution in [3.8, 4) is 33.4 Å². The zero-order valence-electron chi connectivity index (χ0n) is 37.1. The number of fused-ring (bicyclic) bond motifs is 4. The Hall–Kier alpha value is -5.58. The van der Waals surface area contributed by atoms with Crippen LogP contribution in [0.15, 0.2) is 140 Å². The van der Waals surface area contributed by atoms with Crippen LogP contribution in [0.1, 0.15) is 55.6 Å². The van der Waals surface area contributed by atoms with Crippen LogP contribution in [0.2, 0.25) is 0 Å². The fourth-order valence-corrected chi connectivity index (χ4v) is 16.4. The molecule has 10 rings (SSSR count). The van der Waals surface area contributed by atoms with E-state index in [4.69, 9.17) is 0 Å². The topological polar surface area (TPSA) is 3.24 Å². The molecule has 61 heavy (non-hydrogen) atoms. The first-order valence-electron chi connectivity index (χ1n) is 21.6. The summed E-state index contributed by atoms with van der Waals surface area (Å²) in [4.78, 5) is 2.68. The summed E-state index contributed by atoms with van der Waals surface area (Å²) < 4.78 is 0. The molecular weight excluding hydrogens is 773 g/mol. The first kappa shape index (κ1) is 39.5. The minimum atomic E-state index is -0.997. The molecular formula is C58H53NP2. The molecule has 8 aromatic rings. The Labute approximate surface area is 365 Å². The van der Waals surface area contributed by atoms with E-state index in [1.807, 2.05) is 0 Å². The lowest BCUT2D eigenvalue weighted by atomic mass is 9.95. The second-order valence-electron chi connectivity index (χ2n) is 17.3. The molecule has 3 heteroatoms. The predicted molar refractivity (Wildman–Crippen MR) is 269 cm³/mol. The van der Waals surface area contributed by atoms with Crippen molar-refractivity contribution in [2.45, 2.75) is 69.2 Å². The van der Waals surface area contributed by atoms with Gasteiger partial charge >= 0.3 is 0 Å². The van der Waals surface area contributed by atoms with Gasteiger partial charge in [0, 0.05) is 21.2 Å². The van der Waals surface area contributed by atoms with Crippen LogP contribution < -0.4 is 36.7 Å². The molecule has 2 heterocycles. The minimum absolute atomic E-state index is 0.997. The number of benzene rings is 8. The van der Waals surface area contributed by atoms with Crippen molar-refractivity contribution in [2.24, 2.45) is 0 Å².